The number of amides is 2. The average Bonchev–Trinajstić information content (AvgIpc) is 2.83. The molecule has 1 N–H and O–H groups in total. The van der Waals surface area contributed by atoms with Crippen molar-refractivity contribution in [2.45, 2.75) is 20.4 Å². The van der Waals surface area contributed by atoms with Gasteiger partial charge in [-0.1, -0.05) is 22.8 Å². The van der Waals surface area contributed by atoms with E-state index < -0.39 is 0 Å². The van der Waals surface area contributed by atoms with Gasteiger partial charge >= 0.3 is 6.03 Å². The van der Waals surface area contributed by atoms with Gasteiger partial charge in [0.1, 0.15) is 18.1 Å². The van der Waals surface area contributed by atoms with E-state index in [-0.39, 0.29) is 6.03 Å². The van der Waals surface area contributed by atoms with Gasteiger partial charge in [-0.2, -0.15) is 0 Å². The molecule has 0 atom stereocenters. The highest BCUT2D eigenvalue weighted by molar-refractivity contribution is 6.30. The van der Waals surface area contributed by atoms with Crippen LogP contribution in [0.15, 0.2) is 28.8 Å². The summed E-state index contributed by atoms with van der Waals surface area (Å²) < 4.78 is 10.6. The Morgan fingerprint density at radius 1 is 1.43 bits per heavy atom. The molecule has 0 aliphatic heterocycles. The number of carbonyl (C=O) groups is 1. The molecule has 0 radical (unpaired) electrons. The third kappa shape index (κ3) is 4.89. The number of aromatic nitrogens is 1. The number of carbonyl (C=O) groups excluding carboxylic acids is 1. The van der Waals surface area contributed by atoms with Crippen LogP contribution in [0.4, 0.5) is 4.79 Å². The molecule has 0 saturated carbocycles. The van der Waals surface area contributed by atoms with Gasteiger partial charge in [-0.3, -0.25) is 0 Å². The molecule has 2 rings (SSSR count). The maximum Gasteiger partial charge on any atom is 0.317 e. The van der Waals surface area contributed by atoms with Crippen molar-refractivity contribution in [2.75, 3.05) is 20.2 Å². The highest BCUT2D eigenvalue weighted by Crippen LogP contribution is 2.17. The van der Waals surface area contributed by atoms with Crippen LogP contribution in [-0.2, 0) is 6.54 Å². The van der Waals surface area contributed by atoms with Crippen LogP contribution < -0.4 is 10.1 Å². The van der Waals surface area contributed by atoms with Crippen molar-refractivity contribution in [1.29, 1.82) is 0 Å². The number of rotatable bonds is 6. The van der Waals surface area contributed by atoms with Crippen molar-refractivity contribution in [3.05, 3.63) is 46.3 Å². The molecule has 1 heterocycles. The smallest absolute Gasteiger partial charge is 0.317 e. The summed E-state index contributed by atoms with van der Waals surface area (Å²) in [6.45, 7) is 4.90. The monoisotopic (exact) mass is 337 g/mol. The summed E-state index contributed by atoms with van der Waals surface area (Å²) in [6, 6.07) is 6.96. The number of nitrogens with one attached hydrogen (secondary N) is 1. The van der Waals surface area contributed by atoms with Gasteiger partial charge in [-0.25, -0.2) is 4.79 Å². The zero-order chi connectivity index (χ0) is 16.8. The number of aryl methyl sites for hydroxylation is 2. The lowest BCUT2D eigenvalue weighted by Gasteiger charge is -2.18. The van der Waals surface area contributed by atoms with Crippen molar-refractivity contribution >= 4 is 17.6 Å². The number of hydrogen-bond acceptors (Lipinski definition) is 4. The Morgan fingerprint density at radius 2 is 2.22 bits per heavy atom. The van der Waals surface area contributed by atoms with E-state index in [0.29, 0.717) is 30.5 Å². The number of nitrogens with zero attached hydrogens (tertiary/aromatic N) is 2. The second-order valence-electron chi connectivity index (χ2n) is 5.20. The van der Waals surface area contributed by atoms with E-state index in [1.807, 2.05) is 26.0 Å². The van der Waals surface area contributed by atoms with E-state index >= 15 is 0 Å². The van der Waals surface area contributed by atoms with E-state index in [9.17, 15) is 4.79 Å². The van der Waals surface area contributed by atoms with E-state index in [2.05, 4.69) is 10.5 Å². The lowest BCUT2D eigenvalue weighted by atomic mass is 10.2. The van der Waals surface area contributed by atoms with Gasteiger partial charge in [0.2, 0.25) is 0 Å². The first-order chi connectivity index (χ1) is 11.0. The second kappa shape index (κ2) is 7.87. The fourth-order valence-electron chi connectivity index (χ4n) is 2.06. The first-order valence-electron chi connectivity index (χ1n) is 7.26. The van der Waals surface area contributed by atoms with Crippen molar-refractivity contribution in [3.63, 3.8) is 0 Å². The minimum absolute atomic E-state index is 0.181. The standard InChI is InChI=1S/C16H20ClN3O3/c1-11-15(12(2)23-19-11)10-20(3)16(21)18-7-8-22-14-6-4-5-13(17)9-14/h4-6,9H,7-8,10H2,1-3H3,(H,18,21). The Morgan fingerprint density at radius 3 is 2.87 bits per heavy atom. The molecule has 6 nitrogen and oxygen atoms in total. The van der Waals surface area contributed by atoms with Crippen molar-refractivity contribution in [1.82, 2.24) is 15.4 Å². The quantitative estimate of drug-likeness (QED) is 0.822. The van der Waals surface area contributed by atoms with Gasteiger partial charge in [0.15, 0.2) is 0 Å². The molecule has 0 spiro atoms. The third-order valence-corrected chi connectivity index (χ3v) is 3.60. The molecule has 0 bridgehead atoms. The number of hydrogen-bond donors (Lipinski definition) is 1. The molecule has 124 valence electrons. The average molecular weight is 338 g/mol. The topological polar surface area (TPSA) is 67.6 Å². The largest absolute Gasteiger partial charge is 0.492 e. The molecular formula is C16H20ClN3O3. The normalized spacial score (nSPS) is 10.4. The molecule has 1 aromatic carbocycles. The predicted molar refractivity (Wildman–Crippen MR) is 87.8 cm³/mol. The zero-order valence-corrected chi connectivity index (χ0v) is 14.2. The van der Waals surface area contributed by atoms with Crippen LogP contribution in [0.5, 0.6) is 5.75 Å². The minimum Gasteiger partial charge on any atom is -0.492 e. The first-order valence-corrected chi connectivity index (χ1v) is 7.64. The highest BCUT2D eigenvalue weighted by atomic mass is 35.5. The molecule has 0 unspecified atom stereocenters. The molecule has 2 amide bonds. The van der Waals surface area contributed by atoms with Crippen LogP contribution in [0.1, 0.15) is 17.0 Å². The number of urea groups is 1. The predicted octanol–water partition coefficient (Wildman–Crippen LogP) is 3.17. The van der Waals surface area contributed by atoms with Gasteiger partial charge in [0.25, 0.3) is 0 Å². The van der Waals surface area contributed by atoms with E-state index in [1.54, 1.807) is 24.1 Å². The van der Waals surface area contributed by atoms with Crippen LogP contribution in [0.25, 0.3) is 0 Å². The molecule has 0 aliphatic rings. The summed E-state index contributed by atoms with van der Waals surface area (Å²) >= 11 is 5.87. The summed E-state index contributed by atoms with van der Waals surface area (Å²) in [6.07, 6.45) is 0. The molecule has 0 saturated heterocycles. The van der Waals surface area contributed by atoms with E-state index in [4.69, 9.17) is 20.9 Å². The lowest BCUT2D eigenvalue weighted by molar-refractivity contribution is 0.203. The SMILES string of the molecule is Cc1noc(C)c1CN(C)C(=O)NCCOc1cccc(Cl)c1. The summed E-state index contributed by atoms with van der Waals surface area (Å²) in [5.74, 6) is 1.40. The fraction of sp³-hybridized carbons (Fsp3) is 0.375. The molecule has 1 aromatic heterocycles. The summed E-state index contributed by atoms with van der Waals surface area (Å²) in [5.41, 5.74) is 1.73. The van der Waals surface area contributed by atoms with Crippen molar-refractivity contribution in [2.24, 2.45) is 0 Å². The highest BCUT2D eigenvalue weighted by Gasteiger charge is 2.14. The third-order valence-electron chi connectivity index (χ3n) is 3.37. The fourth-order valence-corrected chi connectivity index (χ4v) is 2.24. The summed E-state index contributed by atoms with van der Waals surface area (Å²) in [4.78, 5) is 13.6. The Hall–Kier alpha value is -2.21. The Balaban J connectivity index is 1.74. The minimum atomic E-state index is -0.181. The van der Waals surface area contributed by atoms with E-state index in [1.165, 1.54) is 0 Å². The van der Waals surface area contributed by atoms with E-state index in [0.717, 1.165) is 17.0 Å². The lowest BCUT2D eigenvalue weighted by Crippen LogP contribution is -2.38. The van der Waals surface area contributed by atoms with Crippen LogP contribution in [-0.4, -0.2) is 36.3 Å². The van der Waals surface area contributed by atoms with Crippen molar-refractivity contribution in [3.8, 4) is 5.75 Å². The molecule has 23 heavy (non-hydrogen) atoms. The number of benzene rings is 1. The summed E-state index contributed by atoms with van der Waals surface area (Å²) in [5, 5.41) is 7.29. The van der Waals surface area contributed by atoms with Gasteiger partial charge in [-0.05, 0) is 32.0 Å². The van der Waals surface area contributed by atoms with Gasteiger partial charge < -0.3 is 19.5 Å². The van der Waals surface area contributed by atoms with Gasteiger partial charge in [0, 0.05) is 17.6 Å². The van der Waals surface area contributed by atoms with Crippen LogP contribution in [0.3, 0.4) is 0 Å². The van der Waals surface area contributed by atoms with Crippen LogP contribution >= 0.6 is 11.6 Å². The van der Waals surface area contributed by atoms with Gasteiger partial charge in [0.05, 0.1) is 18.8 Å². The molecule has 2 aromatic rings. The van der Waals surface area contributed by atoms with Crippen molar-refractivity contribution < 1.29 is 14.1 Å². The number of ether oxygens (including phenoxy) is 1. The Kier molecular flexibility index (Phi) is 5.87. The Bertz CT molecular complexity index is 653. The summed E-state index contributed by atoms with van der Waals surface area (Å²) in [7, 11) is 1.72. The van der Waals surface area contributed by atoms with Crippen LogP contribution in [0, 0.1) is 13.8 Å². The Labute approximate surface area is 140 Å². The molecule has 7 heteroatoms. The zero-order valence-electron chi connectivity index (χ0n) is 13.4. The first kappa shape index (κ1) is 17.1. The molecule has 0 fully saturated rings. The second-order valence-corrected chi connectivity index (χ2v) is 5.63. The van der Waals surface area contributed by atoms with Gasteiger partial charge in [-0.15, -0.1) is 0 Å². The maximum atomic E-state index is 12.0. The van der Waals surface area contributed by atoms with Crippen LogP contribution in [0.2, 0.25) is 5.02 Å². The number of halogens is 1. The molecular weight excluding hydrogens is 318 g/mol. The maximum absolute atomic E-state index is 12.0. The molecule has 0 aliphatic carbocycles.